The number of allylic oxidation sites excluding steroid dienone is 1. The third-order valence-corrected chi connectivity index (χ3v) is 4.56. The van der Waals surface area contributed by atoms with E-state index in [0.29, 0.717) is 12.6 Å². The lowest BCUT2D eigenvalue weighted by Crippen LogP contribution is -2.31. The lowest BCUT2D eigenvalue weighted by molar-refractivity contribution is -0.127. The van der Waals surface area contributed by atoms with Crippen molar-refractivity contribution in [2.75, 3.05) is 0 Å². The molecule has 0 N–H and O–H groups in total. The lowest BCUT2D eigenvalue weighted by atomic mass is 10.1. The number of nitrogens with zero attached hydrogens (tertiary/aromatic N) is 2. The van der Waals surface area contributed by atoms with Crippen LogP contribution in [0.4, 0.5) is 0 Å². The van der Waals surface area contributed by atoms with Gasteiger partial charge in [-0.15, -0.1) is 0 Å². The lowest BCUT2D eigenvalue weighted by Gasteiger charge is -2.20. The van der Waals surface area contributed by atoms with E-state index >= 15 is 0 Å². The van der Waals surface area contributed by atoms with Gasteiger partial charge in [-0.1, -0.05) is 57.6 Å². The van der Waals surface area contributed by atoms with Crippen LogP contribution in [0.5, 0.6) is 0 Å². The van der Waals surface area contributed by atoms with Gasteiger partial charge in [-0.2, -0.15) is 0 Å². The van der Waals surface area contributed by atoms with Gasteiger partial charge >= 0.3 is 0 Å². The minimum absolute atomic E-state index is 0.145. The third-order valence-electron chi connectivity index (χ3n) is 4.56. The standard InChI is InChI=1S/C21H32N2O/c1-2-3-4-5-6-7-8-9-10-14-21(24)23(20-15-16-20)18-19-13-11-12-17-22-19/h10-14,17,20H,2-9,15-16,18H2,1H3/b14-10-. The molecule has 0 saturated heterocycles. The molecule has 24 heavy (non-hydrogen) atoms. The number of amides is 1. The van der Waals surface area contributed by atoms with Gasteiger partial charge < -0.3 is 4.90 Å². The highest BCUT2D eigenvalue weighted by Gasteiger charge is 2.31. The van der Waals surface area contributed by atoms with E-state index in [4.69, 9.17) is 0 Å². The number of aromatic nitrogens is 1. The number of carbonyl (C=O) groups is 1. The van der Waals surface area contributed by atoms with Gasteiger partial charge in [-0.25, -0.2) is 0 Å². The van der Waals surface area contributed by atoms with Crippen LogP contribution in [0.25, 0.3) is 0 Å². The first kappa shape index (κ1) is 18.7. The summed E-state index contributed by atoms with van der Waals surface area (Å²) in [6, 6.07) is 6.30. The molecule has 1 saturated carbocycles. The van der Waals surface area contributed by atoms with Crippen LogP contribution in [0.15, 0.2) is 36.5 Å². The second-order valence-corrected chi connectivity index (χ2v) is 6.83. The summed E-state index contributed by atoms with van der Waals surface area (Å²) >= 11 is 0. The molecular formula is C21H32N2O. The SMILES string of the molecule is CCCCCCCCC/C=C\C(=O)N(Cc1ccccn1)C1CC1. The Labute approximate surface area is 147 Å². The van der Waals surface area contributed by atoms with E-state index < -0.39 is 0 Å². The van der Waals surface area contributed by atoms with E-state index in [9.17, 15) is 4.79 Å². The highest BCUT2D eigenvalue weighted by molar-refractivity contribution is 5.88. The summed E-state index contributed by atoms with van der Waals surface area (Å²) in [6.07, 6.45) is 18.1. The maximum absolute atomic E-state index is 12.4. The predicted molar refractivity (Wildman–Crippen MR) is 99.6 cm³/mol. The molecule has 3 heteroatoms. The number of hydrogen-bond donors (Lipinski definition) is 0. The van der Waals surface area contributed by atoms with Crippen LogP contribution >= 0.6 is 0 Å². The van der Waals surface area contributed by atoms with Crippen LogP contribution in [0, 0.1) is 0 Å². The molecule has 0 radical (unpaired) electrons. The van der Waals surface area contributed by atoms with Crippen LogP contribution in [0.2, 0.25) is 0 Å². The number of rotatable bonds is 12. The molecule has 0 atom stereocenters. The van der Waals surface area contributed by atoms with E-state index in [2.05, 4.69) is 18.0 Å². The Bertz CT molecular complexity index is 494. The molecule has 1 aromatic rings. The molecule has 0 aromatic carbocycles. The Hall–Kier alpha value is -1.64. The molecule has 0 aliphatic heterocycles. The summed E-state index contributed by atoms with van der Waals surface area (Å²) in [5.74, 6) is 0.145. The van der Waals surface area contributed by atoms with Gasteiger partial charge in [-0.05, 0) is 43.9 Å². The second kappa shape index (κ2) is 11.0. The van der Waals surface area contributed by atoms with Crippen LogP contribution in [0.1, 0.15) is 76.8 Å². The van der Waals surface area contributed by atoms with Gasteiger partial charge in [0.05, 0.1) is 12.2 Å². The summed E-state index contributed by atoms with van der Waals surface area (Å²) in [4.78, 5) is 18.8. The van der Waals surface area contributed by atoms with Crippen molar-refractivity contribution in [2.24, 2.45) is 0 Å². The van der Waals surface area contributed by atoms with E-state index in [1.54, 1.807) is 12.3 Å². The van der Waals surface area contributed by atoms with Crippen molar-refractivity contribution in [1.82, 2.24) is 9.88 Å². The van der Waals surface area contributed by atoms with Crippen LogP contribution in [0.3, 0.4) is 0 Å². The van der Waals surface area contributed by atoms with E-state index in [0.717, 1.165) is 25.0 Å². The predicted octanol–water partition coefficient (Wildman–Crippen LogP) is 5.27. The van der Waals surface area contributed by atoms with Crippen molar-refractivity contribution < 1.29 is 4.79 Å². The van der Waals surface area contributed by atoms with Gasteiger partial charge in [0.25, 0.3) is 0 Å². The number of pyridine rings is 1. The third kappa shape index (κ3) is 7.29. The minimum Gasteiger partial charge on any atom is -0.330 e. The monoisotopic (exact) mass is 328 g/mol. The van der Waals surface area contributed by atoms with Crippen molar-refractivity contribution in [3.8, 4) is 0 Å². The van der Waals surface area contributed by atoms with Crippen LogP contribution in [-0.2, 0) is 11.3 Å². The minimum atomic E-state index is 0.145. The molecule has 0 bridgehead atoms. The summed E-state index contributed by atoms with van der Waals surface area (Å²) in [7, 11) is 0. The van der Waals surface area contributed by atoms with Crippen molar-refractivity contribution in [3.63, 3.8) is 0 Å². The molecule has 1 aromatic heterocycles. The van der Waals surface area contributed by atoms with Crippen molar-refractivity contribution in [1.29, 1.82) is 0 Å². The van der Waals surface area contributed by atoms with Gasteiger partial charge in [0.1, 0.15) is 0 Å². The first-order valence-corrected chi connectivity index (χ1v) is 9.68. The van der Waals surface area contributed by atoms with E-state index in [1.807, 2.05) is 23.1 Å². The maximum atomic E-state index is 12.4. The number of unbranched alkanes of at least 4 members (excludes halogenated alkanes) is 7. The zero-order valence-corrected chi connectivity index (χ0v) is 15.1. The van der Waals surface area contributed by atoms with Gasteiger partial charge in [0, 0.05) is 12.2 Å². The Morgan fingerprint density at radius 3 is 2.58 bits per heavy atom. The molecule has 1 aliphatic rings. The van der Waals surface area contributed by atoms with Gasteiger partial charge in [0.15, 0.2) is 0 Å². The fourth-order valence-corrected chi connectivity index (χ4v) is 2.94. The molecule has 1 fully saturated rings. The van der Waals surface area contributed by atoms with Crippen molar-refractivity contribution in [3.05, 3.63) is 42.2 Å². The first-order chi connectivity index (χ1) is 11.8. The first-order valence-electron chi connectivity index (χ1n) is 9.68. The normalized spacial score (nSPS) is 14.2. The van der Waals surface area contributed by atoms with E-state index in [1.165, 1.54) is 44.9 Å². The van der Waals surface area contributed by atoms with Crippen molar-refractivity contribution >= 4 is 5.91 Å². The van der Waals surface area contributed by atoms with Crippen LogP contribution < -0.4 is 0 Å². The summed E-state index contributed by atoms with van der Waals surface area (Å²) < 4.78 is 0. The quantitative estimate of drug-likeness (QED) is 0.387. The summed E-state index contributed by atoms with van der Waals surface area (Å²) in [6.45, 7) is 2.88. The Kier molecular flexibility index (Phi) is 8.58. The highest BCUT2D eigenvalue weighted by Crippen LogP contribution is 2.28. The fourth-order valence-electron chi connectivity index (χ4n) is 2.94. The molecule has 0 unspecified atom stereocenters. The molecule has 1 amide bonds. The molecule has 3 nitrogen and oxygen atoms in total. The van der Waals surface area contributed by atoms with Gasteiger partial charge in [-0.3, -0.25) is 9.78 Å². The topological polar surface area (TPSA) is 33.2 Å². The Morgan fingerprint density at radius 1 is 1.17 bits per heavy atom. The summed E-state index contributed by atoms with van der Waals surface area (Å²) in [5.41, 5.74) is 0.971. The Balaban J connectivity index is 1.65. The molecule has 2 rings (SSSR count). The van der Waals surface area contributed by atoms with Gasteiger partial charge in [0.2, 0.25) is 5.91 Å². The second-order valence-electron chi connectivity index (χ2n) is 6.83. The zero-order valence-electron chi connectivity index (χ0n) is 15.1. The number of hydrogen-bond acceptors (Lipinski definition) is 2. The maximum Gasteiger partial charge on any atom is 0.246 e. The number of carbonyl (C=O) groups excluding carboxylic acids is 1. The Morgan fingerprint density at radius 2 is 1.92 bits per heavy atom. The zero-order chi connectivity index (χ0) is 17.0. The largest absolute Gasteiger partial charge is 0.330 e. The molecular weight excluding hydrogens is 296 g/mol. The average molecular weight is 329 g/mol. The fraction of sp³-hybridized carbons (Fsp3) is 0.619. The molecule has 132 valence electrons. The van der Waals surface area contributed by atoms with Crippen molar-refractivity contribution in [2.45, 2.75) is 83.7 Å². The average Bonchev–Trinajstić information content (AvgIpc) is 3.44. The molecule has 1 aliphatic carbocycles. The van der Waals surface area contributed by atoms with Crippen LogP contribution in [-0.4, -0.2) is 21.8 Å². The highest BCUT2D eigenvalue weighted by atomic mass is 16.2. The summed E-state index contributed by atoms with van der Waals surface area (Å²) in [5, 5.41) is 0. The smallest absolute Gasteiger partial charge is 0.246 e. The molecule has 1 heterocycles. The van der Waals surface area contributed by atoms with E-state index in [-0.39, 0.29) is 5.91 Å². The molecule has 0 spiro atoms.